The summed E-state index contributed by atoms with van der Waals surface area (Å²) in [4.78, 5) is 82.9. The van der Waals surface area contributed by atoms with Crippen LogP contribution >= 0.6 is 22.7 Å². The van der Waals surface area contributed by atoms with E-state index in [4.69, 9.17) is 14.2 Å². The van der Waals surface area contributed by atoms with Crippen molar-refractivity contribution in [3.63, 3.8) is 0 Å². The van der Waals surface area contributed by atoms with E-state index in [2.05, 4.69) is 36.2 Å². The van der Waals surface area contributed by atoms with Gasteiger partial charge in [-0.05, 0) is 138 Å². The molecule has 2 unspecified atom stereocenters. The SMILES string of the molecule is Cc1ncc(-c2ccc3nc(NC(=O)C4(OCCCCCCOc5cc(-c6scnc6C)ccc5CNC(=O)C5CCCN5C(=O)C(NC(=O)C5(F)CC5)C(C)(C)C)CC4)sc3c2)cc1NC(=O)OC1CCCCC1. The first-order valence-electron chi connectivity index (χ1n) is 26.5. The number of benzene rings is 2. The molecule has 400 valence electrons. The van der Waals surface area contributed by atoms with E-state index in [0.717, 1.165) is 94.4 Å². The standard InChI is InChI=1S/C56H69FN8O8S2/c1-34-42(62-53(70)73-40-14-9-8-10-15-40)28-39(32-58-34)36-19-20-41-45(30-36)75-52(61-41)64-51(69)56(23-24-56)72-27-12-7-6-11-26-71-44-29-37(46-35(2)60-33-74-46)17-18-38(44)31-59-48(66)43-16-13-25-65(43)49(67)47(54(3,4)5)63-50(68)55(57)21-22-55/h17-20,28-30,32-33,40,43,47H,6-16,21-27,31H2,1-5H3,(H,59,66)(H,62,70)(H,63,68)(H,61,64,69). The number of carbonyl (C=O) groups excluding carboxylic acids is 5. The maximum atomic E-state index is 14.7. The highest BCUT2D eigenvalue weighted by Crippen LogP contribution is 2.43. The van der Waals surface area contributed by atoms with Gasteiger partial charge >= 0.3 is 6.09 Å². The third-order valence-electron chi connectivity index (χ3n) is 14.7. The van der Waals surface area contributed by atoms with E-state index in [-0.39, 0.29) is 43.2 Å². The Kier molecular flexibility index (Phi) is 16.5. The third kappa shape index (κ3) is 13.1. The van der Waals surface area contributed by atoms with Crippen LogP contribution in [-0.2, 0) is 35.2 Å². The Morgan fingerprint density at radius 3 is 2.31 bits per heavy atom. The number of alkyl halides is 1. The minimum atomic E-state index is -1.92. The van der Waals surface area contributed by atoms with Crippen LogP contribution in [0.15, 0.2) is 54.2 Å². The van der Waals surface area contributed by atoms with Gasteiger partial charge in [0, 0.05) is 37.0 Å². The van der Waals surface area contributed by atoms with Crippen molar-refractivity contribution in [2.24, 2.45) is 5.41 Å². The van der Waals surface area contributed by atoms with Gasteiger partial charge in [0.05, 0.1) is 44.3 Å². The van der Waals surface area contributed by atoms with E-state index in [1.807, 2.05) is 82.6 Å². The van der Waals surface area contributed by atoms with E-state index in [1.165, 1.54) is 22.7 Å². The summed E-state index contributed by atoms with van der Waals surface area (Å²) in [5.41, 5.74) is 4.78. The predicted molar refractivity (Wildman–Crippen MR) is 288 cm³/mol. The molecule has 9 rings (SSSR count). The van der Waals surface area contributed by atoms with Crippen molar-refractivity contribution in [1.82, 2.24) is 30.5 Å². The summed E-state index contributed by atoms with van der Waals surface area (Å²) in [6.45, 7) is 10.7. The summed E-state index contributed by atoms with van der Waals surface area (Å²) in [6, 6.07) is 12.0. The molecule has 4 heterocycles. The van der Waals surface area contributed by atoms with Gasteiger partial charge in [0.15, 0.2) is 10.8 Å². The molecule has 0 radical (unpaired) electrons. The van der Waals surface area contributed by atoms with Gasteiger partial charge in [-0.3, -0.25) is 34.8 Å². The van der Waals surface area contributed by atoms with Crippen molar-refractivity contribution in [2.75, 3.05) is 30.4 Å². The molecule has 1 saturated heterocycles. The zero-order chi connectivity index (χ0) is 52.9. The van der Waals surface area contributed by atoms with E-state index >= 15 is 0 Å². The Bertz CT molecular complexity index is 2900. The number of fused-ring (bicyclic) bond motifs is 1. The number of anilines is 2. The molecule has 1 aliphatic heterocycles. The fraction of sp³-hybridized carbons (Fsp3) is 0.536. The summed E-state index contributed by atoms with van der Waals surface area (Å²) in [6.07, 6.45) is 12.4. The first-order chi connectivity index (χ1) is 36.0. The first kappa shape index (κ1) is 53.8. The minimum absolute atomic E-state index is 0.0504. The van der Waals surface area contributed by atoms with Gasteiger partial charge in [-0.2, -0.15) is 0 Å². The number of nitrogens with one attached hydrogen (secondary N) is 4. The molecule has 19 heteroatoms. The minimum Gasteiger partial charge on any atom is -0.493 e. The van der Waals surface area contributed by atoms with Crippen molar-refractivity contribution < 1.29 is 42.6 Å². The van der Waals surface area contributed by atoms with Crippen LogP contribution in [0.3, 0.4) is 0 Å². The number of amides is 5. The molecule has 3 saturated carbocycles. The van der Waals surface area contributed by atoms with Gasteiger partial charge in [0.2, 0.25) is 11.8 Å². The average molecular weight is 1070 g/mol. The van der Waals surface area contributed by atoms with Crippen LogP contribution < -0.4 is 26.0 Å². The largest absolute Gasteiger partial charge is 0.493 e. The van der Waals surface area contributed by atoms with Crippen LogP contribution in [0.4, 0.5) is 20.0 Å². The lowest BCUT2D eigenvalue weighted by molar-refractivity contribution is -0.144. The van der Waals surface area contributed by atoms with Crippen LogP contribution in [0, 0.1) is 19.3 Å². The van der Waals surface area contributed by atoms with Crippen molar-refractivity contribution in [3.05, 3.63) is 71.1 Å². The molecule has 3 aliphatic carbocycles. The number of halogens is 1. The number of unbranched alkanes of at least 4 members (excludes halogenated alkanes) is 3. The van der Waals surface area contributed by atoms with Gasteiger partial charge in [-0.1, -0.05) is 63.1 Å². The van der Waals surface area contributed by atoms with Crippen LogP contribution in [0.25, 0.3) is 31.8 Å². The van der Waals surface area contributed by atoms with Gasteiger partial charge in [0.1, 0.15) is 29.5 Å². The second kappa shape index (κ2) is 23.1. The maximum Gasteiger partial charge on any atom is 0.411 e. The highest BCUT2D eigenvalue weighted by molar-refractivity contribution is 7.22. The van der Waals surface area contributed by atoms with Crippen molar-refractivity contribution in [1.29, 1.82) is 0 Å². The molecule has 4 aliphatic rings. The molecule has 0 spiro atoms. The Balaban J connectivity index is 0.732. The summed E-state index contributed by atoms with van der Waals surface area (Å²) < 4.78 is 33.9. The number of pyridine rings is 1. The normalized spacial score (nSPS) is 18.3. The Labute approximate surface area is 445 Å². The zero-order valence-corrected chi connectivity index (χ0v) is 45.2. The topological polar surface area (TPSA) is 203 Å². The molecule has 2 aromatic carbocycles. The zero-order valence-electron chi connectivity index (χ0n) is 43.6. The lowest BCUT2D eigenvalue weighted by Crippen LogP contribution is -2.58. The Hall–Kier alpha value is -6.05. The number of hydrogen-bond donors (Lipinski definition) is 4. The van der Waals surface area contributed by atoms with E-state index in [1.54, 1.807) is 17.5 Å². The van der Waals surface area contributed by atoms with Crippen LogP contribution in [0.5, 0.6) is 5.75 Å². The molecule has 4 fully saturated rings. The smallest absolute Gasteiger partial charge is 0.411 e. The monoisotopic (exact) mass is 1060 g/mol. The van der Waals surface area contributed by atoms with Crippen molar-refractivity contribution in [2.45, 2.75) is 167 Å². The average Bonchev–Trinajstić information content (AvgIpc) is 4.14. The molecule has 5 amide bonds. The third-order valence-corrected chi connectivity index (χ3v) is 16.6. The highest BCUT2D eigenvalue weighted by Gasteiger charge is 2.53. The predicted octanol–water partition coefficient (Wildman–Crippen LogP) is 10.7. The van der Waals surface area contributed by atoms with Gasteiger partial charge in [-0.15, -0.1) is 11.3 Å². The molecular weight excluding hydrogens is 996 g/mol. The molecule has 16 nitrogen and oxygen atoms in total. The van der Waals surface area contributed by atoms with E-state index in [9.17, 15) is 28.4 Å². The number of carbonyl (C=O) groups is 5. The summed E-state index contributed by atoms with van der Waals surface area (Å²) in [5.74, 6) is -0.993. The van der Waals surface area contributed by atoms with Gasteiger partial charge < -0.3 is 29.7 Å². The van der Waals surface area contributed by atoms with Gasteiger partial charge in [-0.25, -0.2) is 19.2 Å². The van der Waals surface area contributed by atoms with Crippen LogP contribution in [0.2, 0.25) is 0 Å². The highest BCUT2D eigenvalue weighted by atomic mass is 32.1. The molecule has 3 aromatic heterocycles. The fourth-order valence-electron chi connectivity index (χ4n) is 9.79. The van der Waals surface area contributed by atoms with Crippen LogP contribution in [0.1, 0.15) is 134 Å². The number of nitrogens with zero attached hydrogens (tertiary/aromatic N) is 4. The quantitative estimate of drug-likeness (QED) is 0.0509. The number of thiazole rings is 2. The fourth-order valence-corrected chi connectivity index (χ4v) is 11.5. The number of aromatic nitrogens is 3. The molecule has 2 atom stereocenters. The Morgan fingerprint density at radius 2 is 1.59 bits per heavy atom. The maximum absolute atomic E-state index is 14.7. The molecule has 5 aromatic rings. The molecular formula is C56H69FN8O8S2. The van der Waals surface area contributed by atoms with Crippen LogP contribution in [-0.4, -0.2) is 98.8 Å². The summed E-state index contributed by atoms with van der Waals surface area (Å²) >= 11 is 2.94. The molecule has 75 heavy (non-hydrogen) atoms. The number of likely N-dealkylation sites (tertiary alicyclic amines) is 1. The number of ether oxygens (including phenoxy) is 3. The van der Waals surface area contributed by atoms with Crippen molar-refractivity contribution in [3.8, 4) is 27.3 Å². The first-order valence-corrected chi connectivity index (χ1v) is 28.2. The Morgan fingerprint density at radius 1 is 0.827 bits per heavy atom. The summed E-state index contributed by atoms with van der Waals surface area (Å²) in [5, 5.41) is 12.1. The molecule has 4 N–H and O–H groups in total. The van der Waals surface area contributed by atoms with Gasteiger partial charge in [0.25, 0.3) is 11.8 Å². The van der Waals surface area contributed by atoms with E-state index < -0.39 is 40.8 Å². The van der Waals surface area contributed by atoms with Crippen molar-refractivity contribution >= 4 is 73.4 Å². The van der Waals surface area contributed by atoms with E-state index in [0.29, 0.717) is 67.7 Å². The molecule has 0 bridgehead atoms. The second-order valence-electron chi connectivity index (χ2n) is 21.6. The number of rotatable bonds is 21. The summed E-state index contributed by atoms with van der Waals surface area (Å²) in [7, 11) is 0. The second-order valence-corrected chi connectivity index (χ2v) is 23.5. The lowest BCUT2D eigenvalue weighted by atomic mass is 9.85. The number of hydrogen-bond acceptors (Lipinski definition) is 13. The number of aryl methyl sites for hydroxylation is 2. The lowest BCUT2D eigenvalue weighted by Gasteiger charge is -2.35.